The molecule has 0 saturated carbocycles. The lowest BCUT2D eigenvalue weighted by molar-refractivity contribution is -0.280. The van der Waals surface area contributed by atoms with Crippen molar-refractivity contribution in [2.45, 2.75) is 51.9 Å². The number of hydrogen-bond acceptors (Lipinski definition) is 6. The molecule has 1 saturated heterocycles. The van der Waals surface area contributed by atoms with Gasteiger partial charge in [0.25, 0.3) is 0 Å². The summed E-state index contributed by atoms with van der Waals surface area (Å²) >= 11 is 0. The first-order valence-electron chi connectivity index (χ1n) is 5.68. The first kappa shape index (κ1) is 15.8. The molecule has 1 aliphatic rings. The van der Waals surface area contributed by atoms with Crippen LogP contribution in [0, 0.1) is 0 Å². The maximum absolute atomic E-state index is 10.5. The van der Waals surface area contributed by atoms with Crippen LogP contribution in [0.3, 0.4) is 0 Å². The zero-order valence-electron chi connectivity index (χ0n) is 11.7. The van der Waals surface area contributed by atoms with Crippen LogP contribution in [0.1, 0.15) is 34.6 Å². The van der Waals surface area contributed by atoms with Gasteiger partial charge in [0.15, 0.2) is 6.79 Å². The summed E-state index contributed by atoms with van der Waals surface area (Å²) in [6, 6.07) is 0.207. The molecule has 0 aromatic heterocycles. The van der Waals surface area contributed by atoms with Gasteiger partial charge >= 0.3 is 10.4 Å². The zero-order chi connectivity index (χ0) is 14.4. The van der Waals surface area contributed by atoms with E-state index in [0.29, 0.717) is 0 Å². The van der Waals surface area contributed by atoms with E-state index in [1.165, 1.54) is 0 Å². The van der Waals surface area contributed by atoms with E-state index in [1.54, 1.807) is 5.06 Å². The molecule has 108 valence electrons. The van der Waals surface area contributed by atoms with E-state index in [2.05, 4.69) is 16.0 Å². The van der Waals surface area contributed by atoms with Gasteiger partial charge in [0.1, 0.15) is 0 Å². The molecule has 0 amide bonds. The Bertz CT molecular complexity index is 386. The standard InChI is InChI=1S/C10H22N2O5S/c1-8-9(2,3)12(10(4,5)11(8)6)16-7-17-18(13,14)15/h8H,7H2,1-6H3,(H,13,14,15). The van der Waals surface area contributed by atoms with Gasteiger partial charge in [-0.05, 0) is 41.7 Å². The van der Waals surface area contributed by atoms with Gasteiger partial charge in [-0.25, -0.2) is 4.18 Å². The first-order chi connectivity index (χ1) is 7.90. The summed E-state index contributed by atoms with van der Waals surface area (Å²) in [4.78, 5) is 7.51. The number of nitrogens with zero attached hydrogens (tertiary/aromatic N) is 2. The summed E-state index contributed by atoms with van der Waals surface area (Å²) in [7, 11) is -2.51. The van der Waals surface area contributed by atoms with Gasteiger partial charge in [-0.15, -0.1) is 0 Å². The van der Waals surface area contributed by atoms with Crippen LogP contribution in [0.5, 0.6) is 0 Å². The minimum Gasteiger partial charge on any atom is -0.282 e. The second kappa shape index (κ2) is 4.69. The summed E-state index contributed by atoms with van der Waals surface area (Å²) in [5, 5.41) is 1.69. The van der Waals surface area contributed by atoms with Crippen LogP contribution in [0.25, 0.3) is 0 Å². The van der Waals surface area contributed by atoms with Gasteiger partial charge in [0.05, 0.1) is 11.2 Å². The number of likely N-dealkylation sites (N-methyl/N-ethyl adjacent to an activating group) is 1. The van der Waals surface area contributed by atoms with Gasteiger partial charge in [0, 0.05) is 6.04 Å². The third-order valence-electron chi connectivity index (χ3n) is 3.87. The van der Waals surface area contributed by atoms with E-state index >= 15 is 0 Å². The molecule has 8 heteroatoms. The molecule has 1 atom stereocenters. The van der Waals surface area contributed by atoms with Crippen molar-refractivity contribution in [3.05, 3.63) is 0 Å². The molecule has 0 aromatic carbocycles. The molecule has 0 spiro atoms. The predicted molar refractivity (Wildman–Crippen MR) is 65.8 cm³/mol. The van der Waals surface area contributed by atoms with Crippen LogP contribution in [-0.2, 0) is 19.4 Å². The minimum absolute atomic E-state index is 0.207. The molecule has 0 radical (unpaired) electrons. The topological polar surface area (TPSA) is 79.3 Å². The van der Waals surface area contributed by atoms with Gasteiger partial charge in [-0.3, -0.25) is 14.3 Å². The third-order valence-corrected chi connectivity index (χ3v) is 4.26. The second-order valence-electron chi connectivity index (χ2n) is 5.52. The van der Waals surface area contributed by atoms with Crippen LogP contribution in [0.4, 0.5) is 0 Å². The van der Waals surface area contributed by atoms with E-state index in [1.807, 2.05) is 34.7 Å². The van der Waals surface area contributed by atoms with Crippen molar-refractivity contribution in [3.8, 4) is 0 Å². The Kier molecular flexibility index (Phi) is 4.12. The van der Waals surface area contributed by atoms with E-state index in [-0.39, 0.29) is 11.6 Å². The lowest BCUT2D eigenvalue weighted by Crippen LogP contribution is -2.51. The van der Waals surface area contributed by atoms with Crippen molar-refractivity contribution in [1.29, 1.82) is 0 Å². The second-order valence-corrected chi connectivity index (χ2v) is 6.61. The monoisotopic (exact) mass is 282 g/mol. The molecule has 18 heavy (non-hydrogen) atoms. The molecule has 1 fully saturated rings. The third kappa shape index (κ3) is 2.84. The molecule has 1 rings (SSSR count). The Balaban J connectivity index is 2.80. The lowest BCUT2D eigenvalue weighted by Gasteiger charge is -2.38. The fraction of sp³-hybridized carbons (Fsp3) is 1.00. The first-order valence-corrected chi connectivity index (χ1v) is 7.05. The van der Waals surface area contributed by atoms with Crippen LogP contribution >= 0.6 is 0 Å². The molecule has 1 unspecified atom stereocenters. The summed E-state index contributed by atoms with van der Waals surface area (Å²) < 4.78 is 33.7. The highest BCUT2D eigenvalue weighted by molar-refractivity contribution is 7.80. The average Bonchev–Trinajstić information content (AvgIpc) is 2.28. The summed E-state index contributed by atoms with van der Waals surface area (Å²) in [6.45, 7) is 9.44. The van der Waals surface area contributed by atoms with Crippen molar-refractivity contribution in [3.63, 3.8) is 0 Å². The van der Waals surface area contributed by atoms with Gasteiger partial charge in [0.2, 0.25) is 0 Å². The Morgan fingerprint density at radius 1 is 1.28 bits per heavy atom. The lowest BCUT2D eigenvalue weighted by atomic mass is 9.98. The van der Waals surface area contributed by atoms with Crippen LogP contribution in [-0.4, -0.2) is 54.0 Å². The summed E-state index contributed by atoms with van der Waals surface area (Å²) in [5.74, 6) is 0. The van der Waals surface area contributed by atoms with Gasteiger partial charge < -0.3 is 0 Å². The van der Waals surface area contributed by atoms with Crippen LogP contribution in [0.2, 0.25) is 0 Å². The largest absolute Gasteiger partial charge is 0.399 e. The van der Waals surface area contributed by atoms with E-state index in [0.717, 1.165) is 0 Å². The molecule has 1 N–H and O–H groups in total. The summed E-state index contributed by atoms with van der Waals surface area (Å²) in [6.07, 6.45) is 0. The van der Waals surface area contributed by atoms with Gasteiger partial charge in [-0.1, -0.05) is 0 Å². The number of hydroxylamine groups is 2. The zero-order valence-corrected chi connectivity index (χ0v) is 12.5. The highest BCUT2D eigenvalue weighted by atomic mass is 32.3. The minimum atomic E-state index is -4.48. The smallest absolute Gasteiger partial charge is 0.282 e. The van der Waals surface area contributed by atoms with Crippen molar-refractivity contribution in [2.75, 3.05) is 13.8 Å². The molecular formula is C10H22N2O5S. The normalized spacial score (nSPS) is 28.7. The maximum Gasteiger partial charge on any atom is 0.399 e. The molecular weight excluding hydrogens is 260 g/mol. The Hall–Kier alpha value is -0.250. The Morgan fingerprint density at radius 3 is 2.11 bits per heavy atom. The van der Waals surface area contributed by atoms with Gasteiger partial charge in [-0.2, -0.15) is 13.5 Å². The van der Waals surface area contributed by atoms with Crippen molar-refractivity contribution >= 4 is 10.4 Å². The highest BCUT2D eigenvalue weighted by Crippen LogP contribution is 2.40. The maximum atomic E-state index is 10.5. The van der Waals surface area contributed by atoms with Crippen LogP contribution < -0.4 is 0 Å². The molecule has 0 aromatic rings. The van der Waals surface area contributed by atoms with E-state index in [4.69, 9.17) is 9.39 Å². The quantitative estimate of drug-likeness (QED) is 0.604. The average molecular weight is 282 g/mol. The molecule has 0 bridgehead atoms. The Morgan fingerprint density at radius 2 is 1.78 bits per heavy atom. The van der Waals surface area contributed by atoms with Crippen molar-refractivity contribution in [2.24, 2.45) is 0 Å². The van der Waals surface area contributed by atoms with Crippen molar-refractivity contribution in [1.82, 2.24) is 9.96 Å². The molecule has 1 heterocycles. The summed E-state index contributed by atoms with van der Waals surface area (Å²) in [5.41, 5.74) is -0.730. The fourth-order valence-electron chi connectivity index (χ4n) is 2.43. The number of hydrogen-bond donors (Lipinski definition) is 1. The van der Waals surface area contributed by atoms with E-state index in [9.17, 15) is 8.42 Å². The molecule has 7 nitrogen and oxygen atoms in total. The Labute approximate surface area is 109 Å². The fourth-order valence-corrected chi connectivity index (χ4v) is 2.59. The molecule has 0 aliphatic carbocycles. The van der Waals surface area contributed by atoms with Crippen molar-refractivity contribution < 1.29 is 22.0 Å². The highest BCUT2D eigenvalue weighted by Gasteiger charge is 2.54. The number of rotatable bonds is 4. The van der Waals surface area contributed by atoms with E-state index < -0.39 is 22.9 Å². The van der Waals surface area contributed by atoms with Crippen LogP contribution in [0.15, 0.2) is 0 Å². The molecule has 1 aliphatic heterocycles. The SMILES string of the molecule is CC1N(C)C(C)(C)N(OCOS(=O)(=O)O)C1(C)C. The predicted octanol–water partition coefficient (Wildman–Crippen LogP) is 0.846.